The third-order valence-corrected chi connectivity index (χ3v) is 4.40. The van der Waals surface area contributed by atoms with Crippen molar-refractivity contribution in [2.24, 2.45) is 0 Å². The van der Waals surface area contributed by atoms with E-state index in [1.54, 1.807) is 17.0 Å². The Morgan fingerprint density at radius 2 is 2.24 bits per heavy atom. The van der Waals surface area contributed by atoms with Crippen molar-refractivity contribution in [1.82, 2.24) is 19.9 Å². The molecule has 0 radical (unpaired) electrons. The molecular weight excluding hydrogens is 331 g/mol. The fourth-order valence-electron chi connectivity index (χ4n) is 3.04. The number of aliphatic hydroxyl groups is 1. The Kier molecular flexibility index (Phi) is 4.10. The maximum Gasteiger partial charge on any atom is 0.276 e. The van der Waals surface area contributed by atoms with Crippen LogP contribution in [0.15, 0.2) is 24.4 Å². The molecule has 0 unspecified atom stereocenters. The lowest BCUT2D eigenvalue weighted by Crippen LogP contribution is -2.32. The maximum absolute atomic E-state index is 13.8. The third-order valence-electron chi connectivity index (χ3n) is 4.40. The van der Waals surface area contributed by atoms with Crippen LogP contribution in [-0.4, -0.2) is 63.4 Å². The highest BCUT2D eigenvalue weighted by Gasteiger charge is 2.30. The number of para-hydroxylation sites is 1. The molecule has 2 aliphatic rings. The SMILES string of the molecule is O=C(c1cn([C@@H]2COC[C@H]2O)nn1)N1CCOc2c(F)cccc2C1. The zero-order valence-electron chi connectivity index (χ0n) is 13.3. The highest BCUT2D eigenvalue weighted by atomic mass is 19.1. The largest absolute Gasteiger partial charge is 0.488 e. The predicted octanol–water partition coefficient (Wildman–Crippen LogP) is 0.384. The molecule has 4 rings (SSSR count). The summed E-state index contributed by atoms with van der Waals surface area (Å²) in [5.41, 5.74) is 0.775. The van der Waals surface area contributed by atoms with Crippen molar-refractivity contribution in [3.8, 4) is 5.75 Å². The van der Waals surface area contributed by atoms with Gasteiger partial charge in [-0.25, -0.2) is 9.07 Å². The van der Waals surface area contributed by atoms with Crippen LogP contribution in [0.25, 0.3) is 0 Å². The van der Waals surface area contributed by atoms with Crippen LogP contribution in [0.4, 0.5) is 4.39 Å². The van der Waals surface area contributed by atoms with Crippen LogP contribution in [0.5, 0.6) is 5.75 Å². The molecule has 0 aliphatic carbocycles. The van der Waals surface area contributed by atoms with E-state index >= 15 is 0 Å². The summed E-state index contributed by atoms with van der Waals surface area (Å²) in [6, 6.07) is 4.30. The number of fused-ring (bicyclic) bond motifs is 1. The highest BCUT2D eigenvalue weighted by Crippen LogP contribution is 2.27. The minimum Gasteiger partial charge on any atom is -0.488 e. The van der Waals surface area contributed by atoms with Gasteiger partial charge in [0.15, 0.2) is 17.3 Å². The molecule has 0 spiro atoms. The molecule has 1 N–H and O–H groups in total. The number of hydrogen-bond donors (Lipinski definition) is 1. The Hall–Kier alpha value is -2.52. The van der Waals surface area contributed by atoms with Crippen molar-refractivity contribution < 1.29 is 23.8 Å². The summed E-state index contributed by atoms with van der Waals surface area (Å²) in [5, 5.41) is 17.7. The number of benzene rings is 1. The average Bonchev–Trinajstić information content (AvgIpc) is 3.18. The second-order valence-electron chi connectivity index (χ2n) is 6.06. The lowest BCUT2D eigenvalue weighted by Gasteiger charge is -2.18. The van der Waals surface area contributed by atoms with Gasteiger partial charge >= 0.3 is 0 Å². The molecule has 0 saturated carbocycles. The minimum absolute atomic E-state index is 0.166. The molecule has 1 aromatic carbocycles. The molecule has 9 heteroatoms. The van der Waals surface area contributed by atoms with Crippen molar-refractivity contribution in [3.63, 3.8) is 0 Å². The number of rotatable bonds is 2. The van der Waals surface area contributed by atoms with Gasteiger partial charge in [0.1, 0.15) is 18.8 Å². The van der Waals surface area contributed by atoms with Gasteiger partial charge in [0.05, 0.1) is 26.0 Å². The van der Waals surface area contributed by atoms with Crippen LogP contribution in [0.2, 0.25) is 0 Å². The molecule has 1 saturated heterocycles. The Balaban J connectivity index is 1.54. The van der Waals surface area contributed by atoms with Gasteiger partial charge in [-0.15, -0.1) is 5.10 Å². The lowest BCUT2D eigenvalue weighted by molar-refractivity contribution is 0.0726. The molecule has 8 nitrogen and oxygen atoms in total. The van der Waals surface area contributed by atoms with Gasteiger partial charge in [-0.1, -0.05) is 17.3 Å². The number of carbonyl (C=O) groups excluding carboxylic acids is 1. The fourth-order valence-corrected chi connectivity index (χ4v) is 3.04. The van der Waals surface area contributed by atoms with Gasteiger partial charge < -0.3 is 19.5 Å². The second kappa shape index (κ2) is 6.41. The summed E-state index contributed by atoms with van der Waals surface area (Å²) in [6.07, 6.45) is 0.828. The molecule has 1 aromatic heterocycles. The number of aliphatic hydroxyl groups excluding tert-OH is 1. The normalized spacial score (nSPS) is 23.0. The Morgan fingerprint density at radius 3 is 3.04 bits per heavy atom. The highest BCUT2D eigenvalue weighted by molar-refractivity contribution is 5.92. The summed E-state index contributed by atoms with van der Waals surface area (Å²) >= 11 is 0. The Bertz CT molecular complexity index is 796. The topological polar surface area (TPSA) is 89.7 Å². The quantitative estimate of drug-likeness (QED) is 0.844. The summed E-state index contributed by atoms with van der Waals surface area (Å²) in [6.45, 7) is 1.30. The van der Waals surface area contributed by atoms with Crippen LogP contribution in [-0.2, 0) is 11.3 Å². The van der Waals surface area contributed by atoms with Crippen LogP contribution < -0.4 is 4.74 Å². The lowest BCUT2D eigenvalue weighted by atomic mass is 10.2. The molecule has 2 aromatic rings. The summed E-state index contributed by atoms with van der Waals surface area (Å²) in [7, 11) is 0. The predicted molar refractivity (Wildman–Crippen MR) is 82.5 cm³/mol. The monoisotopic (exact) mass is 348 g/mol. The molecule has 2 atom stereocenters. The molecule has 1 fully saturated rings. The molecule has 2 aliphatic heterocycles. The first-order valence-corrected chi connectivity index (χ1v) is 8.00. The van der Waals surface area contributed by atoms with Gasteiger partial charge in [0.2, 0.25) is 0 Å². The van der Waals surface area contributed by atoms with Crippen molar-refractivity contribution in [3.05, 3.63) is 41.5 Å². The minimum atomic E-state index is -0.675. The maximum atomic E-state index is 13.8. The van der Waals surface area contributed by atoms with Gasteiger partial charge in [0.25, 0.3) is 5.91 Å². The van der Waals surface area contributed by atoms with E-state index < -0.39 is 11.9 Å². The molecule has 1 amide bonds. The first-order valence-electron chi connectivity index (χ1n) is 8.00. The van der Waals surface area contributed by atoms with E-state index in [1.807, 2.05) is 0 Å². The van der Waals surface area contributed by atoms with Gasteiger partial charge in [0, 0.05) is 12.1 Å². The van der Waals surface area contributed by atoms with E-state index in [0.717, 1.165) is 0 Å². The van der Waals surface area contributed by atoms with E-state index in [1.165, 1.54) is 16.9 Å². The van der Waals surface area contributed by atoms with Gasteiger partial charge in [-0.2, -0.15) is 0 Å². The van der Waals surface area contributed by atoms with Crippen molar-refractivity contribution in [1.29, 1.82) is 0 Å². The smallest absolute Gasteiger partial charge is 0.276 e. The number of ether oxygens (including phenoxy) is 2. The average molecular weight is 348 g/mol. The van der Waals surface area contributed by atoms with Crippen molar-refractivity contribution in [2.45, 2.75) is 18.7 Å². The summed E-state index contributed by atoms with van der Waals surface area (Å²) in [5.74, 6) is -0.569. The van der Waals surface area contributed by atoms with E-state index in [-0.39, 0.29) is 43.2 Å². The number of aromatic nitrogens is 3. The van der Waals surface area contributed by atoms with Crippen LogP contribution >= 0.6 is 0 Å². The van der Waals surface area contributed by atoms with E-state index in [0.29, 0.717) is 18.7 Å². The zero-order valence-corrected chi connectivity index (χ0v) is 13.3. The van der Waals surface area contributed by atoms with Crippen molar-refractivity contribution >= 4 is 5.91 Å². The number of halogens is 1. The van der Waals surface area contributed by atoms with E-state index in [2.05, 4.69) is 10.3 Å². The van der Waals surface area contributed by atoms with Crippen LogP contribution in [0.1, 0.15) is 22.1 Å². The first kappa shape index (κ1) is 16.0. The summed E-state index contributed by atoms with van der Waals surface area (Å²) in [4.78, 5) is 14.3. The molecule has 0 bridgehead atoms. The second-order valence-corrected chi connectivity index (χ2v) is 6.06. The molecular formula is C16H17FN4O4. The molecule has 25 heavy (non-hydrogen) atoms. The number of nitrogens with zero attached hydrogens (tertiary/aromatic N) is 4. The molecule has 3 heterocycles. The zero-order chi connectivity index (χ0) is 17.4. The number of hydrogen-bond acceptors (Lipinski definition) is 6. The summed E-state index contributed by atoms with van der Waals surface area (Å²) < 4.78 is 25.9. The first-order chi connectivity index (χ1) is 12.1. The fraction of sp³-hybridized carbons (Fsp3) is 0.438. The molecule has 132 valence electrons. The van der Waals surface area contributed by atoms with Gasteiger partial charge in [-0.3, -0.25) is 4.79 Å². The third kappa shape index (κ3) is 2.96. The number of amides is 1. The number of carbonyl (C=O) groups is 1. The Labute approximate surface area is 142 Å². The van der Waals surface area contributed by atoms with Crippen LogP contribution in [0, 0.1) is 5.82 Å². The van der Waals surface area contributed by atoms with E-state index in [4.69, 9.17) is 9.47 Å². The Morgan fingerprint density at radius 1 is 1.36 bits per heavy atom. The van der Waals surface area contributed by atoms with Gasteiger partial charge in [-0.05, 0) is 6.07 Å². The van der Waals surface area contributed by atoms with Crippen molar-refractivity contribution in [2.75, 3.05) is 26.4 Å². The van der Waals surface area contributed by atoms with Crippen LogP contribution in [0.3, 0.4) is 0 Å². The van der Waals surface area contributed by atoms with E-state index in [9.17, 15) is 14.3 Å². The standard InChI is InChI=1S/C16H17FN4O4/c17-11-3-1-2-10-6-20(4-5-25-15(10)11)16(23)12-7-21(19-18-12)13-8-24-9-14(13)22/h1-3,7,13-14,22H,4-6,8-9H2/t13-,14-/m1/s1.